The number of likely N-dealkylation sites (tertiary alicyclic amines) is 1. The van der Waals surface area contributed by atoms with Crippen LogP contribution in [0.25, 0.3) is 0 Å². The molecule has 4 heteroatoms. The van der Waals surface area contributed by atoms with Gasteiger partial charge in [-0.1, -0.05) is 6.92 Å². The first-order valence-corrected chi connectivity index (χ1v) is 6.79. The molecule has 0 amide bonds. The van der Waals surface area contributed by atoms with E-state index >= 15 is 0 Å². The minimum absolute atomic E-state index is 0.657. The third-order valence-electron chi connectivity index (χ3n) is 3.91. The second-order valence-electron chi connectivity index (χ2n) is 5.20. The number of anilines is 2. The molecule has 1 aromatic heterocycles. The molecule has 1 fully saturated rings. The van der Waals surface area contributed by atoms with Crippen LogP contribution in [0, 0.1) is 6.92 Å². The van der Waals surface area contributed by atoms with Gasteiger partial charge in [-0.2, -0.15) is 0 Å². The zero-order valence-electron chi connectivity index (χ0n) is 11.7. The van der Waals surface area contributed by atoms with Crippen LogP contribution in [0.15, 0.2) is 12.3 Å². The molecule has 100 valence electrons. The van der Waals surface area contributed by atoms with Crippen molar-refractivity contribution >= 4 is 11.5 Å². The molecule has 0 aliphatic carbocycles. The fourth-order valence-corrected chi connectivity index (χ4v) is 2.66. The Labute approximate surface area is 110 Å². The lowest BCUT2D eigenvalue weighted by atomic mass is 10.2. The number of nitrogens with two attached hydrogens (primary N) is 1. The maximum absolute atomic E-state index is 5.94. The van der Waals surface area contributed by atoms with Gasteiger partial charge < -0.3 is 10.6 Å². The van der Waals surface area contributed by atoms with Crippen LogP contribution in [0.2, 0.25) is 0 Å². The highest BCUT2D eigenvalue weighted by Gasteiger charge is 2.24. The SMILES string of the molecule is CCN1CCCC1CN(C)c1cc(N)c(C)cn1. The number of pyridine rings is 1. The van der Waals surface area contributed by atoms with Crippen molar-refractivity contribution in [3.63, 3.8) is 0 Å². The van der Waals surface area contributed by atoms with Crippen molar-refractivity contribution in [2.24, 2.45) is 0 Å². The molecule has 18 heavy (non-hydrogen) atoms. The van der Waals surface area contributed by atoms with E-state index in [4.69, 9.17) is 5.73 Å². The number of aromatic nitrogens is 1. The molecule has 1 aliphatic heterocycles. The lowest BCUT2D eigenvalue weighted by Gasteiger charge is -2.28. The van der Waals surface area contributed by atoms with Gasteiger partial charge in [-0.3, -0.25) is 4.90 Å². The number of rotatable bonds is 4. The minimum Gasteiger partial charge on any atom is -0.398 e. The van der Waals surface area contributed by atoms with E-state index < -0.39 is 0 Å². The maximum atomic E-state index is 5.94. The fraction of sp³-hybridized carbons (Fsp3) is 0.643. The number of aryl methyl sites for hydroxylation is 1. The molecular weight excluding hydrogens is 224 g/mol. The molecule has 0 radical (unpaired) electrons. The minimum atomic E-state index is 0.657. The van der Waals surface area contributed by atoms with Gasteiger partial charge in [-0.05, 0) is 38.4 Å². The lowest BCUT2D eigenvalue weighted by molar-refractivity contribution is 0.270. The third-order valence-corrected chi connectivity index (χ3v) is 3.91. The summed E-state index contributed by atoms with van der Waals surface area (Å²) in [7, 11) is 2.10. The highest BCUT2D eigenvalue weighted by Crippen LogP contribution is 2.21. The first kappa shape index (κ1) is 13.1. The van der Waals surface area contributed by atoms with Gasteiger partial charge in [0, 0.05) is 37.6 Å². The number of hydrogen-bond acceptors (Lipinski definition) is 4. The second kappa shape index (κ2) is 5.57. The Kier molecular flexibility index (Phi) is 4.07. The summed E-state index contributed by atoms with van der Waals surface area (Å²) in [5.74, 6) is 0.973. The molecular formula is C14H24N4. The van der Waals surface area contributed by atoms with Crippen LogP contribution in [-0.2, 0) is 0 Å². The van der Waals surface area contributed by atoms with Gasteiger partial charge in [0.2, 0.25) is 0 Å². The molecule has 1 atom stereocenters. The standard InChI is InChI=1S/C14H24N4/c1-4-18-7-5-6-12(18)10-17(3)14-8-13(15)11(2)9-16-14/h8-9,12H,4-7,10H2,1-3H3,(H2,15,16). The van der Waals surface area contributed by atoms with Gasteiger partial charge >= 0.3 is 0 Å². The van der Waals surface area contributed by atoms with Gasteiger partial charge in [0.1, 0.15) is 5.82 Å². The first-order chi connectivity index (χ1) is 8.61. The molecule has 2 N–H and O–H groups in total. The Bertz CT molecular complexity index is 405. The van der Waals surface area contributed by atoms with E-state index in [2.05, 4.69) is 28.8 Å². The Balaban J connectivity index is 2.02. The number of hydrogen-bond donors (Lipinski definition) is 1. The zero-order chi connectivity index (χ0) is 13.1. The predicted molar refractivity (Wildman–Crippen MR) is 76.9 cm³/mol. The Morgan fingerprint density at radius 3 is 3.00 bits per heavy atom. The summed E-state index contributed by atoms with van der Waals surface area (Å²) < 4.78 is 0. The molecule has 1 saturated heterocycles. The number of nitrogen functional groups attached to an aromatic ring is 1. The van der Waals surface area contributed by atoms with E-state index in [9.17, 15) is 0 Å². The van der Waals surface area contributed by atoms with Crippen LogP contribution in [0.5, 0.6) is 0 Å². The Morgan fingerprint density at radius 2 is 2.33 bits per heavy atom. The van der Waals surface area contributed by atoms with Crippen molar-refractivity contribution in [3.8, 4) is 0 Å². The molecule has 2 heterocycles. The van der Waals surface area contributed by atoms with E-state index in [0.717, 1.165) is 30.2 Å². The van der Waals surface area contributed by atoms with Crippen molar-refractivity contribution in [1.29, 1.82) is 0 Å². The smallest absolute Gasteiger partial charge is 0.130 e. The van der Waals surface area contributed by atoms with Crippen molar-refractivity contribution < 1.29 is 0 Å². The molecule has 2 rings (SSSR count). The number of nitrogens with zero attached hydrogens (tertiary/aromatic N) is 3. The summed E-state index contributed by atoms with van der Waals surface area (Å²) in [5, 5.41) is 0. The van der Waals surface area contributed by atoms with Crippen LogP contribution < -0.4 is 10.6 Å². The van der Waals surface area contributed by atoms with Gasteiger partial charge in [0.25, 0.3) is 0 Å². The van der Waals surface area contributed by atoms with E-state index in [-0.39, 0.29) is 0 Å². The summed E-state index contributed by atoms with van der Waals surface area (Å²) in [6.45, 7) is 7.63. The van der Waals surface area contributed by atoms with Gasteiger partial charge in [-0.25, -0.2) is 4.98 Å². The first-order valence-electron chi connectivity index (χ1n) is 6.79. The van der Waals surface area contributed by atoms with E-state index in [1.54, 1.807) is 0 Å². The van der Waals surface area contributed by atoms with Gasteiger partial charge in [0.15, 0.2) is 0 Å². The molecule has 0 spiro atoms. The van der Waals surface area contributed by atoms with Crippen LogP contribution in [-0.4, -0.2) is 42.6 Å². The highest BCUT2D eigenvalue weighted by molar-refractivity contribution is 5.54. The molecule has 0 saturated carbocycles. The monoisotopic (exact) mass is 248 g/mol. The fourth-order valence-electron chi connectivity index (χ4n) is 2.66. The summed E-state index contributed by atoms with van der Waals surface area (Å²) in [6.07, 6.45) is 4.46. The number of likely N-dealkylation sites (N-methyl/N-ethyl adjacent to an activating group) is 2. The predicted octanol–water partition coefficient (Wildman–Crippen LogP) is 1.89. The molecule has 1 aliphatic rings. The third kappa shape index (κ3) is 2.75. The summed E-state index contributed by atoms with van der Waals surface area (Å²) in [5.41, 5.74) is 7.81. The topological polar surface area (TPSA) is 45.4 Å². The molecule has 1 aromatic rings. The Morgan fingerprint density at radius 1 is 1.56 bits per heavy atom. The van der Waals surface area contributed by atoms with Crippen molar-refractivity contribution in [2.75, 3.05) is 37.3 Å². The van der Waals surface area contributed by atoms with E-state index in [1.165, 1.54) is 19.4 Å². The largest absolute Gasteiger partial charge is 0.398 e. The van der Waals surface area contributed by atoms with E-state index in [1.807, 2.05) is 19.2 Å². The van der Waals surface area contributed by atoms with Crippen molar-refractivity contribution in [1.82, 2.24) is 9.88 Å². The highest BCUT2D eigenvalue weighted by atomic mass is 15.2. The quantitative estimate of drug-likeness (QED) is 0.884. The van der Waals surface area contributed by atoms with Crippen molar-refractivity contribution in [2.45, 2.75) is 32.7 Å². The van der Waals surface area contributed by atoms with Gasteiger partial charge in [0.05, 0.1) is 0 Å². The van der Waals surface area contributed by atoms with Crippen LogP contribution in [0.3, 0.4) is 0 Å². The normalized spacial score (nSPS) is 20.3. The van der Waals surface area contributed by atoms with Crippen LogP contribution in [0.4, 0.5) is 11.5 Å². The summed E-state index contributed by atoms with van der Waals surface area (Å²) in [6, 6.07) is 2.63. The maximum Gasteiger partial charge on any atom is 0.130 e. The Hall–Kier alpha value is -1.29. The van der Waals surface area contributed by atoms with E-state index in [0.29, 0.717) is 6.04 Å². The van der Waals surface area contributed by atoms with Crippen LogP contribution in [0.1, 0.15) is 25.3 Å². The molecule has 4 nitrogen and oxygen atoms in total. The van der Waals surface area contributed by atoms with Crippen molar-refractivity contribution in [3.05, 3.63) is 17.8 Å². The average Bonchev–Trinajstić information content (AvgIpc) is 2.79. The molecule has 0 bridgehead atoms. The molecule has 1 unspecified atom stereocenters. The van der Waals surface area contributed by atoms with Gasteiger partial charge in [-0.15, -0.1) is 0 Å². The zero-order valence-corrected chi connectivity index (χ0v) is 11.7. The lowest BCUT2D eigenvalue weighted by Crippen LogP contribution is -2.39. The average molecular weight is 248 g/mol. The molecule has 0 aromatic carbocycles. The van der Waals surface area contributed by atoms with Crippen LogP contribution >= 0.6 is 0 Å². The second-order valence-corrected chi connectivity index (χ2v) is 5.20. The summed E-state index contributed by atoms with van der Waals surface area (Å²) >= 11 is 0. The summed E-state index contributed by atoms with van der Waals surface area (Å²) in [4.78, 5) is 9.23.